The Labute approximate surface area is 144 Å². The summed E-state index contributed by atoms with van der Waals surface area (Å²) in [6, 6.07) is 9.53. The van der Waals surface area contributed by atoms with Crippen molar-refractivity contribution in [3.8, 4) is 5.75 Å². The number of para-hydroxylation sites is 1. The Kier molecular flexibility index (Phi) is 6.37. The standard InChI is InChI=1S/C19H28N2O3/c1-19(2,3)17(22)15-20-10-12-21(13-11-20)18(23)9-14-24-16-7-5-4-6-8-16/h4-8H,9-15H2,1-3H3. The van der Waals surface area contributed by atoms with Crippen LogP contribution >= 0.6 is 0 Å². The number of Topliss-reactive ketones (excluding diaryl/α,β-unsaturated/α-hetero) is 1. The van der Waals surface area contributed by atoms with Crippen LogP contribution in [0.25, 0.3) is 0 Å². The summed E-state index contributed by atoms with van der Waals surface area (Å²) in [5, 5.41) is 0. The topological polar surface area (TPSA) is 49.9 Å². The highest BCUT2D eigenvalue weighted by Gasteiger charge is 2.26. The molecule has 0 spiro atoms. The Balaban J connectivity index is 1.68. The van der Waals surface area contributed by atoms with Crippen LogP contribution in [0.1, 0.15) is 27.2 Å². The van der Waals surface area contributed by atoms with Crippen LogP contribution in [0, 0.1) is 5.41 Å². The summed E-state index contributed by atoms with van der Waals surface area (Å²) in [6.45, 7) is 9.59. The van der Waals surface area contributed by atoms with E-state index in [1.54, 1.807) is 0 Å². The predicted octanol–water partition coefficient (Wildman–Crippen LogP) is 2.21. The van der Waals surface area contributed by atoms with E-state index >= 15 is 0 Å². The van der Waals surface area contributed by atoms with Gasteiger partial charge >= 0.3 is 0 Å². The van der Waals surface area contributed by atoms with Crippen LogP contribution in [0.5, 0.6) is 5.75 Å². The lowest BCUT2D eigenvalue weighted by molar-refractivity contribution is -0.134. The van der Waals surface area contributed by atoms with Crippen LogP contribution in [0.15, 0.2) is 30.3 Å². The average Bonchev–Trinajstić information content (AvgIpc) is 2.55. The van der Waals surface area contributed by atoms with E-state index in [4.69, 9.17) is 4.74 Å². The minimum absolute atomic E-state index is 0.118. The molecule has 1 aromatic carbocycles. The summed E-state index contributed by atoms with van der Waals surface area (Å²) >= 11 is 0. The molecule has 1 heterocycles. The number of rotatable bonds is 6. The molecular weight excluding hydrogens is 304 g/mol. The van der Waals surface area contributed by atoms with Gasteiger partial charge in [0.2, 0.25) is 5.91 Å². The highest BCUT2D eigenvalue weighted by atomic mass is 16.5. The van der Waals surface area contributed by atoms with Gasteiger partial charge in [-0.15, -0.1) is 0 Å². The van der Waals surface area contributed by atoms with Crippen LogP contribution in [-0.4, -0.2) is 60.8 Å². The van der Waals surface area contributed by atoms with E-state index in [0.717, 1.165) is 18.8 Å². The number of piperazine rings is 1. The van der Waals surface area contributed by atoms with E-state index < -0.39 is 0 Å². The van der Waals surface area contributed by atoms with Gasteiger partial charge in [-0.1, -0.05) is 39.0 Å². The molecule has 1 amide bonds. The smallest absolute Gasteiger partial charge is 0.226 e. The molecule has 1 aliphatic rings. The van der Waals surface area contributed by atoms with Gasteiger partial charge < -0.3 is 9.64 Å². The van der Waals surface area contributed by atoms with Crippen LogP contribution in [-0.2, 0) is 9.59 Å². The molecular formula is C19H28N2O3. The van der Waals surface area contributed by atoms with E-state index in [-0.39, 0.29) is 17.1 Å². The zero-order chi connectivity index (χ0) is 17.6. The molecule has 132 valence electrons. The van der Waals surface area contributed by atoms with Gasteiger partial charge in [-0.2, -0.15) is 0 Å². The van der Waals surface area contributed by atoms with E-state index in [1.165, 1.54) is 0 Å². The Morgan fingerprint density at radius 2 is 1.67 bits per heavy atom. The number of ether oxygens (including phenoxy) is 1. The zero-order valence-electron chi connectivity index (χ0n) is 15.0. The molecule has 1 fully saturated rings. The predicted molar refractivity (Wildman–Crippen MR) is 94.0 cm³/mol. The Morgan fingerprint density at radius 3 is 2.25 bits per heavy atom. The zero-order valence-corrected chi connectivity index (χ0v) is 15.0. The molecule has 1 saturated heterocycles. The number of hydrogen-bond acceptors (Lipinski definition) is 4. The molecule has 24 heavy (non-hydrogen) atoms. The van der Waals surface area contributed by atoms with Crippen LogP contribution < -0.4 is 4.74 Å². The van der Waals surface area contributed by atoms with Crippen molar-refractivity contribution < 1.29 is 14.3 Å². The van der Waals surface area contributed by atoms with E-state index in [1.807, 2.05) is 56.0 Å². The van der Waals surface area contributed by atoms with Crippen molar-refractivity contribution in [2.45, 2.75) is 27.2 Å². The van der Waals surface area contributed by atoms with Crippen molar-refractivity contribution in [1.82, 2.24) is 9.80 Å². The molecule has 0 radical (unpaired) electrons. The van der Waals surface area contributed by atoms with E-state index in [9.17, 15) is 9.59 Å². The van der Waals surface area contributed by atoms with Crippen molar-refractivity contribution in [1.29, 1.82) is 0 Å². The Bertz CT molecular complexity index is 543. The third-order valence-electron chi connectivity index (χ3n) is 4.26. The first-order chi connectivity index (χ1) is 11.4. The van der Waals surface area contributed by atoms with Gasteiger partial charge in [0.25, 0.3) is 0 Å². The average molecular weight is 332 g/mol. The number of ketones is 1. The molecule has 5 nitrogen and oxygen atoms in total. The third kappa shape index (κ3) is 5.64. The highest BCUT2D eigenvalue weighted by Crippen LogP contribution is 2.16. The second-order valence-corrected chi connectivity index (χ2v) is 7.24. The van der Waals surface area contributed by atoms with Crippen LogP contribution in [0.3, 0.4) is 0 Å². The van der Waals surface area contributed by atoms with Gasteiger partial charge in [0.1, 0.15) is 5.75 Å². The fourth-order valence-corrected chi connectivity index (χ4v) is 2.53. The number of carbonyl (C=O) groups excluding carboxylic acids is 2. The molecule has 0 unspecified atom stereocenters. The van der Waals surface area contributed by atoms with Gasteiger partial charge in [0.15, 0.2) is 5.78 Å². The second kappa shape index (κ2) is 8.29. The molecule has 0 bridgehead atoms. The van der Waals surface area contributed by atoms with Gasteiger partial charge in [0.05, 0.1) is 19.6 Å². The summed E-state index contributed by atoms with van der Waals surface area (Å²) in [7, 11) is 0. The van der Waals surface area contributed by atoms with Crippen molar-refractivity contribution >= 4 is 11.7 Å². The quantitative estimate of drug-likeness (QED) is 0.801. The normalized spacial score (nSPS) is 16.0. The monoisotopic (exact) mass is 332 g/mol. The number of hydrogen-bond donors (Lipinski definition) is 0. The molecule has 5 heteroatoms. The first kappa shape index (κ1) is 18.5. The van der Waals surface area contributed by atoms with Gasteiger partial charge in [-0.25, -0.2) is 0 Å². The molecule has 0 aliphatic carbocycles. The molecule has 0 saturated carbocycles. The van der Waals surface area contributed by atoms with Crippen molar-refractivity contribution in [2.24, 2.45) is 5.41 Å². The summed E-state index contributed by atoms with van der Waals surface area (Å²) in [5.41, 5.74) is -0.304. The molecule has 2 rings (SSSR count). The fraction of sp³-hybridized carbons (Fsp3) is 0.579. The van der Waals surface area contributed by atoms with E-state index in [0.29, 0.717) is 32.7 Å². The summed E-state index contributed by atoms with van der Waals surface area (Å²) in [4.78, 5) is 28.3. The maximum Gasteiger partial charge on any atom is 0.226 e. The van der Waals surface area contributed by atoms with Crippen molar-refractivity contribution in [2.75, 3.05) is 39.3 Å². The maximum atomic E-state index is 12.2. The SMILES string of the molecule is CC(C)(C)C(=O)CN1CCN(C(=O)CCOc2ccccc2)CC1. The molecule has 1 aromatic rings. The van der Waals surface area contributed by atoms with Crippen molar-refractivity contribution in [3.63, 3.8) is 0 Å². The minimum atomic E-state index is -0.304. The van der Waals surface area contributed by atoms with Gasteiger partial charge in [-0.05, 0) is 12.1 Å². The molecule has 0 aromatic heterocycles. The molecule has 0 atom stereocenters. The number of benzene rings is 1. The van der Waals surface area contributed by atoms with Crippen LogP contribution in [0.4, 0.5) is 0 Å². The lowest BCUT2D eigenvalue weighted by Crippen LogP contribution is -2.51. The minimum Gasteiger partial charge on any atom is -0.493 e. The first-order valence-electron chi connectivity index (χ1n) is 8.57. The summed E-state index contributed by atoms with van der Waals surface area (Å²) < 4.78 is 5.58. The van der Waals surface area contributed by atoms with Crippen LogP contribution in [0.2, 0.25) is 0 Å². The number of amides is 1. The summed E-state index contributed by atoms with van der Waals surface area (Å²) in [6.07, 6.45) is 0.385. The largest absolute Gasteiger partial charge is 0.493 e. The lowest BCUT2D eigenvalue weighted by Gasteiger charge is -2.35. The summed E-state index contributed by atoms with van der Waals surface area (Å²) in [5.74, 6) is 1.15. The Hall–Kier alpha value is -1.88. The molecule has 0 N–H and O–H groups in total. The lowest BCUT2D eigenvalue weighted by atomic mass is 9.90. The van der Waals surface area contributed by atoms with E-state index in [2.05, 4.69) is 4.90 Å². The first-order valence-corrected chi connectivity index (χ1v) is 8.57. The molecule has 1 aliphatic heterocycles. The number of carbonyl (C=O) groups is 2. The number of nitrogens with zero attached hydrogens (tertiary/aromatic N) is 2. The third-order valence-corrected chi connectivity index (χ3v) is 4.26. The highest BCUT2D eigenvalue weighted by molar-refractivity contribution is 5.85. The van der Waals surface area contributed by atoms with Gasteiger partial charge in [-0.3, -0.25) is 14.5 Å². The Morgan fingerprint density at radius 1 is 1.04 bits per heavy atom. The fourth-order valence-electron chi connectivity index (χ4n) is 2.53. The maximum absolute atomic E-state index is 12.2. The van der Waals surface area contributed by atoms with Crippen molar-refractivity contribution in [3.05, 3.63) is 30.3 Å². The second-order valence-electron chi connectivity index (χ2n) is 7.24. The van der Waals surface area contributed by atoms with Gasteiger partial charge in [0, 0.05) is 31.6 Å².